The molecule has 0 aliphatic heterocycles. The number of pyridine rings is 1. The average molecular weight is 422 g/mol. The molecule has 2 heterocycles. The number of halogens is 1. The Morgan fingerprint density at radius 1 is 1.20 bits per heavy atom. The highest BCUT2D eigenvalue weighted by Crippen LogP contribution is 2.28. The van der Waals surface area contributed by atoms with Gasteiger partial charge in [0.2, 0.25) is 0 Å². The van der Waals surface area contributed by atoms with Gasteiger partial charge in [0.15, 0.2) is 0 Å². The molecule has 152 valence electrons. The van der Waals surface area contributed by atoms with Crippen LogP contribution in [0.5, 0.6) is 0 Å². The Kier molecular flexibility index (Phi) is 6.77. The van der Waals surface area contributed by atoms with E-state index in [-0.39, 0.29) is 18.3 Å². The first-order valence-electron chi connectivity index (χ1n) is 9.20. The quantitative estimate of drug-likeness (QED) is 0.349. The summed E-state index contributed by atoms with van der Waals surface area (Å²) in [4.78, 5) is 21.4. The highest BCUT2D eigenvalue weighted by atomic mass is 35.5. The Morgan fingerprint density at radius 3 is 2.90 bits per heavy atom. The van der Waals surface area contributed by atoms with Gasteiger partial charge in [-0.25, -0.2) is 0 Å². The van der Waals surface area contributed by atoms with E-state index in [4.69, 9.17) is 4.84 Å². The Balaban J connectivity index is 0.00000256. The van der Waals surface area contributed by atoms with Crippen LogP contribution in [0.15, 0.2) is 72.1 Å². The van der Waals surface area contributed by atoms with E-state index in [9.17, 15) is 4.79 Å². The number of hydrogen-bond acceptors (Lipinski definition) is 5. The normalized spacial score (nSPS) is 10.7. The van der Waals surface area contributed by atoms with Crippen LogP contribution in [-0.4, -0.2) is 33.9 Å². The van der Waals surface area contributed by atoms with Crippen LogP contribution in [0.4, 0.5) is 5.69 Å². The third kappa shape index (κ3) is 4.64. The first-order chi connectivity index (χ1) is 14.2. The zero-order valence-electron chi connectivity index (χ0n) is 16.2. The third-order valence-electron chi connectivity index (χ3n) is 4.31. The van der Waals surface area contributed by atoms with Crippen molar-refractivity contribution in [2.24, 2.45) is 5.16 Å². The van der Waals surface area contributed by atoms with Gasteiger partial charge in [0, 0.05) is 29.0 Å². The molecule has 2 N–H and O–H groups in total. The number of fused-ring (bicyclic) bond motifs is 1. The molecule has 1 amide bonds. The summed E-state index contributed by atoms with van der Waals surface area (Å²) >= 11 is 0. The minimum Gasteiger partial charge on any atom is -0.396 e. The minimum absolute atomic E-state index is 0. The molecule has 7 nitrogen and oxygen atoms in total. The van der Waals surface area contributed by atoms with Crippen LogP contribution in [0.1, 0.15) is 22.8 Å². The molecule has 0 spiro atoms. The molecule has 0 saturated carbocycles. The standard InChI is InChI=1S/C22H19N5O2.ClH/c1-2-29-24-13-15-8-9-20-19(11-15)21(27-26-20)16-5-3-7-18(12-16)25-22(28)17-6-4-10-23-14-17;/h3-14H,2H2,1H3,(H,25,28)(H,26,27);1H. The molecule has 0 radical (unpaired) electrons. The van der Waals surface area contributed by atoms with E-state index in [1.807, 2.05) is 49.4 Å². The largest absolute Gasteiger partial charge is 0.396 e. The van der Waals surface area contributed by atoms with Crippen molar-refractivity contribution in [1.29, 1.82) is 0 Å². The topological polar surface area (TPSA) is 92.3 Å². The Morgan fingerprint density at radius 2 is 2.10 bits per heavy atom. The molecule has 4 aromatic rings. The molecule has 0 atom stereocenters. The van der Waals surface area contributed by atoms with Gasteiger partial charge in [-0.05, 0) is 48.9 Å². The van der Waals surface area contributed by atoms with Crippen LogP contribution in [0, 0.1) is 0 Å². The minimum atomic E-state index is -0.212. The van der Waals surface area contributed by atoms with Crippen molar-refractivity contribution >= 4 is 41.1 Å². The predicted octanol–water partition coefficient (Wildman–Crippen LogP) is 4.67. The fraction of sp³-hybridized carbons (Fsp3) is 0.0909. The van der Waals surface area contributed by atoms with Gasteiger partial charge in [-0.2, -0.15) is 5.10 Å². The molecule has 0 unspecified atom stereocenters. The van der Waals surface area contributed by atoms with E-state index >= 15 is 0 Å². The van der Waals surface area contributed by atoms with Gasteiger partial charge in [-0.3, -0.25) is 14.9 Å². The molecule has 2 aromatic heterocycles. The fourth-order valence-corrected chi connectivity index (χ4v) is 2.95. The fourth-order valence-electron chi connectivity index (χ4n) is 2.95. The smallest absolute Gasteiger partial charge is 0.257 e. The number of hydrogen-bond donors (Lipinski definition) is 2. The number of aromatic nitrogens is 3. The van der Waals surface area contributed by atoms with Crippen molar-refractivity contribution in [3.63, 3.8) is 0 Å². The number of benzene rings is 2. The summed E-state index contributed by atoms with van der Waals surface area (Å²) in [6.45, 7) is 2.40. The number of carbonyl (C=O) groups is 1. The van der Waals surface area contributed by atoms with Crippen molar-refractivity contribution in [2.75, 3.05) is 11.9 Å². The monoisotopic (exact) mass is 421 g/mol. The molecule has 0 saturated heterocycles. The van der Waals surface area contributed by atoms with Crippen molar-refractivity contribution in [3.05, 3.63) is 78.1 Å². The van der Waals surface area contributed by atoms with Crippen molar-refractivity contribution in [3.8, 4) is 11.3 Å². The highest BCUT2D eigenvalue weighted by Gasteiger charge is 2.11. The molecule has 8 heteroatoms. The molecule has 0 aliphatic carbocycles. The Bertz CT molecular complexity index is 1170. The maximum Gasteiger partial charge on any atom is 0.257 e. The number of anilines is 1. The van der Waals surface area contributed by atoms with E-state index in [1.165, 1.54) is 6.20 Å². The first-order valence-corrected chi connectivity index (χ1v) is 9.20. The maximum absolute atomic E-state index is 12.4. The number of aromatic amines is 1. The van der Waals surface area contributed by atoms with Crippen LogP contribution in [0.25, 0.3) is 22.2 Å². The summed E-state index contributed by atoms with van der Waals surface area (Å²) in [7, 11) is 0. The summed E-state index contributed by atoms with van der Waals surface area (Å²) in [6.07, 6.45) is 4.84. The number of nitrogens with one attached hydrogen (secondary N) is 2. The van der Waals surface area contributed by atoms with Gasteiger partial charge in [0.25, 0.3) is 5.91 Å². The lowest BCUT2D eigenvalue weighted by Crippen LogP contribution is -2.11. The van der Waals surface area contributed by atoms with Gasteiger partial charge in [-0.15, -0.1) is 12.4 Å². The van der Waals surface area contributed by atoms with Crippen LogP contribution in [-0.2, 0) is 4.84 Å². The number of oxime groups is 1. The molecule has 4 rings (SSSR count). The molecular weight excluding hydrogens is 402 g/mol. The second-order valence-corrected chi connectivity index (χ2v) is 6.31. The van der Waals surface area contributed by atoms with Gasteiger partial charge < -0.3 is 10.2 Å². The van der Waals surface area contributed by atoms with E-state index in [2.05, 4.69) is 25.7 Å². The molecule has 2 aromatic carbocycles. The zero-order chi connectivity index (χ0) is 20.1. The second-order valence-electron chi connectivity index (χ2n) is 6.31. The molecular formula is C22H20ClN5O2. The maximum atomic E-state index is 12.4. The predicted molar refractivity (Wildman–Crippen MR) is 120 cm³/mol. The third-order valence-corrected chi connectivity index (χ3v) is 4.31. The lowest BCUT2D eigenvalue weighted by Gasteiger charge is -2.07. The number of carbonyl (C=O) groups excluding carboxylic acids is 1. The number of nitrogens with zero attached hydrogens (tertiary/aromatic N) is 3. The molecule has 0 aliphatic rings. The van der Waals surface area contributed by atoms with Crippen LogP contribution in [0.3, 0.4) is 0 Å². The number of H-pyrrole nitrogens is 1. The Hall–Kier alpha value is -3.71. The molecule has 0 fully saturated rings. The molecule has 0 bridgehead atoms. The van der Waals surface area contributed by atoms with E-state index in [0.717, 1.165) is 27.7 Å². The first kappa shape index (κ1) is 21.0. The van der Waals surface area contributed by atoms with Gasteiger partial charge >= 0.3 is 0 Å². The number of amides is 1. The number of rotatable bonds is 6. The average Bonchev–Trinajstić information content (AvgIpc) is 3.18. The van der Waals surface area contributed by atoms with Crippen molar-refractivity contribution in [2.45, 2.75) is 6.92 Å². The van der Waals surface area contributed by atoms with Crippen LogP contribution in [0.2, 0.25) is 0 Å². The summed E-state index contributed by atoms with van der Waals surface area (Å²) in [5.41, 5.74) is 4.69. The lowest BCUT2D eigenvalue weighted by atomic mass is 10.1. The van der Waals surface area contributed by atoms with E-state index < -0.39 is 0 Å². The summed E-state index contributed by atoms with van der Waals surface area (Å²) in [5, 5.41) is 15.3. The van der Waals surface area contributed by atoms with Crippen molar-refractivity contribution < 1.29 is 9.63 Å². The zero-order valence-corrected chi connectivity index (χ0v) is 17.0. The second kappa shape index (κ2) is 9.67. The summed E-state index contributed by atoms with van der Waals surface area (Å²) in [6, 6.07) is 16.9. The lowest BCUT2D eigenvalue weighted by molar-refractivity contribution is 0.102. The summed E-state index contributed by atoms with van der Waals surface area (Å²) in [5.74, 6) is -0.212. The van der Waals surface area contributed by atoms with Crippen LogP contribution >= 0.6 is 12.4 Å². The van der Waals surface area contributed by atoms with Gasteiger partial charge in [-0.1, -0.05) is 23.4 Å². The van der Waals surface area contributed by atoms with E-state index in [1.54, 1.807) is 24.5 Å². The highest BCUT2D eigenvalue weighted by molar-refractivity contribution is 6.04. The van der Waals surface area contributed by atoms with Gasteiger partial charge in [0.05, 0.1) is 23.0 Å². The van der Waals surface area contributed by atoms with Crippen molar-refractivity contribution in [1.82, 2.24) is 15.2 Å². The summed E-state index contributed by atoms with van der Waals surface area (Å²) < 4.78 is 0. The van der Waals surface area contributed by atoms with Gasteiger partial charge in [0.1, 0.15) is 6.61 Å². The van der Waals surface area contributed by atoms with Crippen LogP contribution < -0.4 is 5.32 Å². The SMILES string of the molecule is CCON=Cc1ccc2[nH]nc(-c3cccc(NC(=O)c4cccnc4)c3)c2c1.Cl. The van der Waals surface area contributed by atoms with E-state index in [0.29, 0.717) is 17.9 Å². The molecule has 30 heavy (non-hydrogen) atoms. The Labute approximate surface area is 179 Å².